The lowest BCUT2D eigenvalue weighted by atomic mass is 9.74. The maximum Gasteiger partial charge on any atom is 0.223 e. The highest BCUT2D eigenvalue weighted by Crippen LogP contribution is 2.41. The second-order valence-corrected chi connectivity index (χ2v) is 11.0. The minimum atomic E-state index is -0.889. The largest absolute Gasteiger partial charge is 0.388 e. The second-order valence-electron chi connectivity index (χ2n) is 11.0. The lowest BCUT2D eigenvalue weighted by molar-refractivity contribution is -0.128. The Morgan fingerprint density at radius 2 is 2.14 bits per heavy atom. The van der Waals surface area contributed by atoms with Gasteiger partial charge in [-0.3, -0.25) is 24.9 Å². The first-order valence-electron chi connectivity index (χ1n) is 13.2. The Balaban J connectivity index is 1.09. The maximum absolute atomic E-state index is 13.4. The van der Waals surface area contributed by atoms with Crippen molar-refractivity contribution in [2.75, 3.05) is 0 Å². The fraction of sp³-hybridized carbons (Fsp3) is 0.556. The van der Waals surface area contributed by atoms with Gasteiger partial charge in [0, 0.05) is 47.7 Å². The number of hydrazine groups is 1. The molecule has 6 rings (SSSR count). The Morgan fingerprint density at radius 3 is 3.03 bits per heavy atom. The number of rotatable bonds is 5. The van der Waals surface area contributed by atoms with Gasteiger partial charge in [0.25, 0.3) is 0 Å². The average Bonchev–Trinajstić information content (AvgIpc) is 3.48. The van der Waals surface area contributed by atoms with Gasteiger partial charge in [0.05, 0.1) is 29.9 Å². The lowest BCUT2D eigenvalue weighted by Crippen LogP contribution is -2.50. The first kappa shape index (κ1) is 23.5. The SMILES string of the molecule is Cc1cc(C2NNC3CCC(C(=O)N[C@@H]4CCC[C@](O)(Cn5ncc6cnccc65)C4)CC32)ccn1. The Labute approximate surface area is 211 Å². The van der Waals surface area contributed by atoms with Crippen molar-refractivity contribution in [3.05, 3.63) is 54.2 Å². The van der Waals surface area contributed by atoms with E-state index < -0.39 is 5.60 Å². The van der Waals surface area contributed by atoms with E-state index in [-0.39, 0.29) is 23.9 Å². The highest BCUT2D eigenvalue weighted by molar-refractivity contribution is 5.79. The zero-order valence-electron chi connectivity index (χ0n) is 20.7. The molecule has 6 atom stereocenters. The standard InChI is InChI=1S/C27H35N7O2/c1-17-11-18(6-10-29-17)25-22-12-19(4-5-23(22)32-33-25)26(35)31-21-3-2-8-27(36,13-21)16-34-24-7-9-28-14-20(24)15-30-34/h6-7,9-11,14-15,19,21-23,25,32-33,36H,2-5,8,12-13,16H2,1H3,(H,31,35)/t19?,21-,22?,23?,25?,27-/m1/s1. The van der Waals surface area contributed by atoms with E-state index in [2.05, 4.69) is 43.4 Å². The third-order valence-corrected chi connectivity index (χ3v) is 8.46. The monoisotopic (exact) mass is 489 g/mol. The van der Waals surface area contributed by atoms with Crippen molar-refractivity contribution in [3.8, 4) is 0 Å². The van der Waals surface area contributed by atoms with E-state index in [0.717, 1.165) is 48.7 Å². The van der Waals surface area contributed by atoms with Gasteiger partial charge in [-0.05, 0) is 81.5 Å². The zero-order chi connectivity index (χ0) is 24.7. The summed E-state index contributed by atoms with van der Waals surface area (Å²) in [5, 5.41) is 20.2. The third-order valence-electron chi connectivity index (χ3n) is 8.46. The van der Waals surface area contributed by atoms with Gasteiger partial charge in [0.1, 0.15) is 0 Å². The molecule has 9 nitrogen and oxygen atoms in total. The Bertz CT molecular complexity index is 1250. The molecule has 3 aliphatic rings. The van der Waals surface area contributed by atoms with E-state index in [1.807, 2.05) is 23.9 Å². The molecule has 0 spiro atoms. The van der Waals surface area contributed by atoms with Crippen LogP contribution in [0.3, 0.4) is 0 Å². The summed E-state index contributed by atoms with van der Waals surface area (Å²) in [4.78, 5) is 21.9. The molecule has 4 N–H and O–H groups in total. The summed E-state index contributed by atoms with van der Waals surface area (Å²) in [6, 6.07) is 6.68. The van der Waals surface area contributed by atoms with Crippen molar-refractivity contribution in [1.29, 1.82) is 0 Å². The molecule has 1 saturated heterocycles. The molecule has 4 unspecified atom stereocenters. The molecule has 0 bridgehead atoms. The summed E-state index contributed by atoms with van der Waals surface area (Å²) >= 11 is 0. The minimum Gasteiger partial charge on any atom is -0.388 e. The number of carbonyl (C=O) groups is 1. The first-order valence-corrected chi connectivity index (χ1v) is 13.2. The first-order chi connectivity index (χ1) is 17.5. The molecule has 3 aromatic rings. The number of carbonyl (C=O) groups excluding carboxylic acids is 1. The maximum atomic E-state index is 13.4. The van der Waals surface area contributed by atoms with Crippen molar-refractivity contribution in [1.82, 2.24) is 35.9 Å². The van der Waals surface area contributed by atoms with Crippen LogP contribution in [0, 0.1) is 18.8 Å². The number of aryl methyl sites for hydroxylation is 1. The minimum absolute atomic E-state index is 0.00374. The highest BCUT2D eigenvalue weighted by Gasteiger charge is 2.43. The fourth-order valence-electron chi connectivity index (χ4n) is 6.65. The van der Waals surface area contributed by atoms with Crippen LogP contribution < -0.4 is 16.2 Å². The van der Waals surface area contributed by atoms with Crippen molar-refractivity contribution in [2.24, 2.45) is 11.8 Å². The van der Waals surface area contributed by atoms with Crippen LogP contribution in [0.1, 0.15) is 62.2 Å². The summed E-state index contributed by atoms with van der Waals surface area (Å²) in [5.41, 5.74) is 9.25. The number of pyridine rings is 2. The Kier molecular flexibility index (Phi) is 6.23. The van der Waals surface area contributed by atoms with Crippen molar-refractivity contribution in [3.63, 3.8) is 0 Å². The number of aromatic nitrogens is 4. The topological polar surface area (TPSA) is 117 Å². The normalized spacial score (nSPS) is 32.3. The average molecular weight is 490 g/mol. The van der Waals surface area contributed by atoms with E-state index >= 15 is 0 Å². The van der Waals surface area contributed by atoms with Crippen LogP contribution in [-0.4, -0.2) is 48.4 Å². The van der Waals surface area contributed by atoms with E-state index in [1.54, 1.807) is 18.6 Å². The molecule has 0 radical (unpaired) electrons. The molecule has 1 amide bonds. The van der Waals surface area contributed by atoms with E-state index in [9.17, 15) is 9.90 Å². The van der Waals surface area contributed by atoms with Crippen LogP contribution >= 0.6 is 0 Å². The summed E-state index contributed by atoms with van der Waals surface area (Å²) in [7, 11) is 0. The van der Waals surface area contributed by atoms with Crippen molar-refractivity contribution in [2.45, 2.75) is 82.1 Å². The quantitative estimate of drug-likeness (QED) is 0.435. The number of hydrogen-bond donors (Lipinski definition) is 4. The van der Waals surface area contributed by atoms with Crippen LogP contribution in [0.4, 0.5) is 0 Å². The smallest absolute Gasteiger partial charge is 0.223 e. The molecule has 3 aromatic heterocycles. The Hall–Kier alpha value is -2.88. The summed E-state index contributed by atoms with van der Waals surface area (Å²) < 4.78 is 1.86. The van der Waals surface area contributed by atoms with E-state index in [0.29, 0.717) is 31.3 Å². The van der Waals surface area contributed by atoms with Crippen LogP contribution in [0.2, 0.25) is 0 Å². The van der Waals surface area contributed by atoms with Crippen molar-refractivity contribution >= 4 is 16.8 Å². The predicted octanol–water partition coefficient (Wildman–Crippen LogP) is 2.56. The molecule has 0 aromatic carbocycles. The van der Waals surface area contributed by atoms with Crippen LogP contribution in [0.15, 0.2) is 43.0 Å². The van der Waals surface area contributed by atoms with Gasteiger partial charge in [0.2, 0.25) is 5.91 Å². The van der Waals surface area contributed by atoms with Crippen LogP contribution in [0.25, 0.3) is 10.9 Å². The Morgan fingerprint density at radius 1 is 1.22 bits per heavy atom. The van der Waals surface area contributed by atoms with Crippen LogP contribution in [0.5, 0.6) is 0 Å². The summed E-state index contributed by atoms with van der Waals surface area (Å²) in [5.74, 6) is 0.494. The summed E-state index contributed by atoms with van der Waals surface area (Å²) in [6.07, 6.45) is 12.9. The van der Waals surface area contributed by atoms with Crippen molar-refractivity contribution < 1.29 is 9.90 Å². The molecule has 3 fully saturated rings. The van der Waals surface area contributed by atoms with E-state index in [4.69, 9.17) is 0 Å². The fourth-order valence-corrected chi connectivity index (χ4v) is 6.65. The molecule has 1 aliphatic heterocycles. The molecule has 4 heterocycles. The molecule has 2 aliphatic carbocycles. The van der Waals surface area contributed by atoms with Crippen LogP contribution in [-0.2, 0) is 11.3 Å². The molecule has 9 heteroatoms. The number of hydrogen-bond acceptors (Lipinski definition) is 7. The lowest BCUT2D eigenvalue weighted by Gasteiger charge is -2.38. The number of amides is 1. The van der Waals surface area contributed by atoms with Gasteiger partial charge in [-0.15, -0.1) is 0 Å². The number of fused-ring (bicyclic) bond motifs is 2. The highest BCUT2D eigenvalue weighted by atomic mass is 16.3. The molecule has 190 valence electrons. The van der Waals surface area contributed by atoms with Gasteiger partial charge in [0.15, 0.2) is 0 Å². The van der Waals surface area contributed by atoms with Gasteiger partial charge in [-0.25, -0.2) is 5.43 Å². The predicted molar refractivity (Wildman–Crippen MR) is 135 cm³/mol. The number of nitrogens with one attached hydrogen (secondary N) is 3. The molecular formula is C27H35N7O2. The third kappa shape index (κ3) is 4.63. The number of nitrogens with zero attached hydrogens (tertiary/aromatic N) is 4. The van der Waals surface area contributed by atoms with Gasteiger partial charge >= 0.3 is 0 Å². The summed E-state index contributed by atoms with van der Waals surface area (Å²) in [6.45, 7) is 2.43. The van der Waals surface area contributed by atoms with Gasteiger partial charge in [-0.1, -0.05) is 0 Å². The molecule has 36 heavy (non-hydrogen) atoms. The zero-order valence-corrected chi connectivity index (χ0v) is 20.7. The second kappa shape index (κ2) is 9.53. The van der Waals surface area contributed by atoms with Gasteiger partial charge in [-0.2, -0.15) is 5.10 Å². The molecular weight excluding hydrogens is 454 g/mol. The van der Waals surface area contributed by atoms with Gasteiger partial charge < -0.3 is 10.4 Å². The number of aliphatic hydroxyl groups is 1. The molecule has 2 saturated carbocycles. The van der Waals surface area contributed by atoms with E-state index in [1.165, 1.54) is 5.56 Å².